The van der Waals surface area contributed by atoms with Crippen LogP contribution in [0, 0.1) is 0 Å². The number of tetrazole rings is 1. The Morgan fingerprint density at radius 3 is 3.14 bits per heavy atom. The molecule has 7 heteroatoms. The van der Waals surface area contributed by atoms with Gasteiger partial charge in [0.05, 0.1) is 17.8 Å². The van der Waals surface area contributed by atoms with Crippen LogP contribution in [0.1, 0.15) is 30.1 Å². The van der Waals surface area contributed by atoms with Gasteiger partial charge in [0, 0.05) is 12.2 Å². The number of rotatable bonds is 4. The summed E-state index contributed by atoms with van der Waals surface area (Å²) in [5, 5.41) is 14.0. The van der Waals surface area contributed by atoms with Crippen molar-refractivity contribution in [2.75, 3.05) is 6.61 Å². The minimum atomic E-state index is -0.118. The van der Waals surface area contributed by atoms with Gasteiger partial charge in [-0.2, -0.15) is 0 Å². The van der Waals surface area contributed by atoms with Gasteiger partial charge in [-0.3, -0.25) is 4.79 Å². The number of carbonyl (C=O) groups is 1. The van der Waals surface area contributed by atoms with Crippen molar-refractivity contribution in [3.63, 3.8) is 0 Å². The molecule has 2 aromatic rings. The predicted octanol–water partition coefficient (Wildman–Crippen LogP) is 0.960. The maximum absolute atomic E-state index is 12.3. The number of aromatic nitrogens is 4. The maximum Gasteiger partial charge on any atom is 0.251 e. The number of ether oxygens (including phenoxy) is 1. The second-order valence-electron chi connectivity index (χ2n) is 5.12. The van der Waals surface area contributed by atoms with E-state index in [2.05, 4.69) is 20.8 Å². The van der Waals surface area contributed by atoms with Gasteiger partial charge in [0.2, 0.25) is 0 Å². The molecule has 2 heterocycles. The number of nitrogens with zero attached hydrogens (tertiary/aromatic N) is 4. The van der Waals surface area contributed by atoms with Crippen molar-refractivity contribution >= 4 is 5.91 Å². The molecule has 1 aromatic heterocycles. The summed E-state index contributed by atoms with van der Waals surface area (Å²) in [4.78, 5) is 12.3. The molecule has 1 aliphatic heterocycles. The fraction of sp³-hybridized carbons (Fsp3) is 0.429. The fourth-order valence-electron chi connectivity index (χ4n) is 2.45. The first-order valence-corrected chi connectivity index (χ1v) is 7.00. The van der Waals surface area contributed by atoms with E-state index < -0.39 is 0 Å². The molecule has 0 spiro atoms. The lowest BCUT2D eigenvalue weighted by atomic mass is 10.1. The van der Waals surface area contributed by atoms with Crippen LogP contribution in [0.5, 0.6) is 0 Å². The van der Waals surface area contributed by atoms with Crippen LogP contribution in [-0.2, 0) is 4.74 Å². The van der Waals surface area contributed by atoms with Crippen LogP contribution >= 0.6 is 0 Å². The van der Waals surface area contributed by atoms with E-state index >= 15 is 0 Å². The molecule has 0 bridgehead atoms. The second kappa shape index (κ2) is 6.01. The molecule has 0 saturated carbocycles. The van der Waals surface area contributed by atoms with Crippen LogP contribution in [0.3, 0.4) is 0 Å². The van der Waals surface area contributed by atoms with E-state index in [1.165, 1.54) is 11.0 Å². The molecule has 21 heavy (non-hydrogen) atoms. The molecule has 7 nitrogen and oxygen atoms in total. The summed E-state index contributed by atoms with van der Waals surface area (Å²) in [6.45, 7) is 2.75. The molecule has 1 fully saturated rings. The highest BCUT2D eigenvalue weighted by molar-refractivity contribution is 5.94. The van der Waals surface area contributed by atoms with Crippen molar-refractivity contribution in [3.05, 3.63) is 36.2 Å². The standard InChI is InChI=1S/C14H17N5O2/c1-10(13-6-3-7-21-13)16-14(20)11-4-2-5-12(8-11)19-9-15-17-18-19/h2,4-5,8-10,13H,3,6-7H2,1H3,(H,16,20)/t10-,13+/m0/s1. The maximum atomic E-state index is 12.3. The molecular weight excluding hydrogens is 270 g/mol. The molecular formula is C14H17N5O2. The van der Waals surface area contributed by atoms with Crippen LogP contribution in [0.15, 0.2) is 30.6 Å². The zero-order valence-electron chi connectivity index (χ0n) is 11.8. The first-order chi connectivity index (χ1) is 10.2. The molecule has 1 aliphatic rings. The third-order valence-corrected chi connectivity index (χ3v) is 3.60. The largest absolute Gasteiger partial charge is 0.376 e. The molecule has 0 radical (unpaired) electrons. The van der Waals surface area contributed by atoms with Gasteiger partial charge in [-0.1, -0.05) is 6.07 Å². The van der Waals surface area contributed by atoms with Gasteiger partial charge in [0.15, 0.2) is 0 Å². The third kappa shape index (κ3) is 3.08. The molecule has 0 aliphatic carbocycles. The summed E-state index contributed by atoms with van der Waals surface area (Å²) in [7, 11) is 0. The normalized spacial score (nSPS) is 19.4. The average molecular weight is 287 g/mol. The van der Waals surface area contributed by atoms with E-state index in [9.17, 15) is 4.79 Å². The first-order valence-electron chi connectivity index (χ1n) is 7.00. The molecule has 1 N–H and O–H groups in total. The zero-order valence-corrected chi connectivity index (χ0v) is 11.8. The molecule has 1 saturated heterocycles. The number of nitrogens with one attached hydrogen (secondary N) is 1. The Hall–Kier alpha value is -2.28. The van der Waals surface area contributed by atoms with Crippen LogP contribution < -0.4 is 5.32 Å². The summed E-state index contributed by atoms with van der Waals surface area (Å²) >= 11 is 0. The lowest BCUT2D eigenvalue weighted by molar-refractivity contribution is 0.0712. The molecule has 1 aromatic carbocycles. The lowest BCUT2D eigenvalue weighted by Gasteiger charge is -2.20. The molecule has 2 atom stereocenters. The van der Waals surface area contributed by atoms with Crippen LogP contribution in [0.2, 0.25) is 0 Å². The highest BCUT2D eigenvalue weighted by Crippen LogP contribution is 2.16. The quantitative estimate of drug-likeness (QED) is 0.905. The van der Waals surface area contributed by atoms with Crippen molar-refractivity contribution < 1.29 is 9.53 Å². The minimum absolute atomic E-state index is 0.00306. The zero-order chi connectivity index (χ0) is 14.7. The van der Waals surface area contributed by atoms with E-state index in [0.717, 1.165) is 25.1 Å². The summed E-state index contributed by atoms with van der Waals surface area (Å²) in [6.07, 6.45) is 3.65. The number of carbonyl (C=O) groups excluding carboxylic acids is 1. The SMILES string of the molecule is C[C@H](NC(=O)c1cccc(-n2cnnn2)c1)[C@H]1CCCO1. The Kier molecular flexibility index (Phi) is 3.92. The third-order valence-electron chi connectivity index (χ3n) is 3.60. The Morgan fingerprint density at radius 1 is 1.52 bits per heavy atom. The first kappa shape index (κ1) is 13.7. The van der Waals surface area contributed by atoms with E-state index in [1.54, 1.807) is 12.1 Å². The summed E-state index contributed by atoms with van der Waals surface area (Å²) in [6, 6.07) is 7.18. The van der Waals surface area contributed by atoms with E-state index in [-0.39, 0.29) is 18.1 Å². The number of hydrogen-bond acceptors (Lipinski definition) is 5. The van der Waals surface area contributed by atoms with Crippen molar-refractivity contribution in [1.82, 2.24) is 25.5 Å². The summed E-state index contributed by atoms with van der Waals surface area (Å²) < 4.78 is 7.10. The lowest BCUT2D eigenvalue weighted by Crippen LogP contribution is -2.40. The van der Waals surface area contributed by atoms with Gasteiger partial charge < -0.3 is 10.1 Å². The predicted molar refractivity (Wildman–Crippen MR) is 75.1 cm³/mol. The Balaban J connectivity index is 1.71. The highest BCUT2D eigenvalue weighted by atomic mass is 16.5. The summed E-state index contributed by atoms with van der Waals surface area (Å²) in [5.41, 5.74) is 1.32. The van der Waals surface area contributed by atoms with Gasteiger partial charge in [0.1, 0.15) is 6.33 Å². The van der Waals surface area contributed by atoms with Crippen LogP contribution in [-0.4, -0.2) is 44.9 Å². The molecule has 3 rings (SSSR count). The van der Waals surface area contributed by atoms with Gasteiger partial charge in [-0.25, -0.2) is 4.68 Å². The van der Waals surface area contributed by atoms with Crippen LogP contribution in [0.4, 0.5) is 0 Å². The van der Waals surface area contributed by atoms with Gasteiger partial charge >= 0.3 is 0 Å². The van der Waals surface area contributed by atoms with Gasteiger partial charge in [-0.15, -0.1) is 5.10 Å². The molecule has 110 valence electrons. The molecule has 0 unspecified atom stereocenters. The van der Waals surface area contributed by atoms with Gasteiger partial charge in [-0.05, 0) is 48.4 Å². The van der Waals surface area contributed by atoms with Crippen molar-refractivity contribution in [3.8, 4) is 5.69 Å². The number of amides is 1. The van der Waals surface area contributed by atoms with E-state index in [4.69, 9.17) is 4.74 Å². The Morgan fingerprint density at radius 2 is 2.43 bits per heavy atom. The Labute approximate surface area is 122 Å². The monoisotopic (exact) mass is 287 g/mol. The summed E-state index contributed by atoms with van der Waals surface area (Å²) in [5.74, 6) is -0.118. The van der Waals surface area contributed by atoms with E-state index in [1.807, 2.05) is 19.1 Å². The number of hydrogen-bond donors (Lipinski definition) is 1. The second-order valence-corrected chi connectivity index (χ2v) is 5.12. The van der Waals surface area contributed by atoms with Crippen LogP contribution in [0.25, 0.3) is 5.69 Å². The fourth-order valence-corrected chi connectivity index (χ4v) is 2.45. The highest BCUT2D eigenvalue weighted by Gasteiger charge is 2.24. The smallest absolute Gasteiger partial charge is 0.251 e. The van der Waals surface area contributed by atoms with Crippen molar-refractivity contribution in [1.29, 1.82) is 0 Å². The van der Waals surface area contributed by atoms with Gasteiger partial charge in [0.25, 0.3) is 5.91 Å². The topological polar surface area (TPSA) is 81.9 Å². The molecule has 1 amide bonds. The minimum Gasteiger partial charge on any atom is -0.376 e. The Bertz CT molecular complexity index is 608. The number of benzene rings is 1. The van der Waals surface area contributed by atoms with Crippen molar-refractivity contribution in [2.24, 2.45) is 0 Å². The average Bonchev–Trinajstić information content (AvgIpc) is 3.20. The van der Waals surface area contributed by atoms with E-state index in [0.29, 0.717) is 5.56 Å². The van der Waals surface area contributed by atoms with Crippen molar-refractivity contribution in [2.45, 2.75) is 31.9 Å².